The molecule has 19 heavy (non-hydrogen) atoms. The molecule has 5 heteroatoms. The average molecular weight is 274 g/mol. The molecular formula is C14H10O4S. The Labute approximate surface area is 109 Å². The third kappa shape index (κ3) is 1.88. The van der Waals surface area contributed by atoms with Crippen LogP contribution in [0.5, 0.6) is 5.75 Å². The van der Waals surface area contributed by atoms with E-state index in [0.717, 1.165) is 0 Å². The summed E-state index contributed by atoms with van der Waals surface area (Å²) in [6.07, 6.45) is 0. The van der Waals surface area contributed by atoms with Crippen LogP contribution in [0.4, 0.5) is 0 Å². The maximum absolute atomic E-state index is 12.4. The fourth-order valence-electron chi connectivity index (χ4n) is 1.88. The summed E-state index contributed by atoms with van der Waals surface area (Å²) in [5.41, 5.74) is 0.497. The van der Waals surface area contributed by atoms with Gasteiger partial charge in [-0.25, -0.2) is 8.42 Å². The molecule has 0 aliphatic rings. The van der Waals surface area contributed by atoms with Crippen molar-refractivity contribution in [2.45, 2.75) is 9.99 Å². The first-order chi connectivity index (χ1) is 9.09. The van der Waals surface area contributed by atoms with Crippen LogP contribution < -0.4 is 0 Å². The number of fused-ring (bicyclic) bond motifs is 1. The first-order valence-corrected chi connectivity index (χ1v) is 7.09. The number of hydrogen-bond donors (Lipinski definition) is 1. The fourth-order valence-corrected chi connectivity index (χ4v) is 3.18. The zero-order valence-electron chi connectivity index (χ0n) is 9.78. The van der Waals surface area contributed by atoms with Crippen LogP contribution in [0, 0.1) is 0 Å². The number of furan rings is 1. The molecule has 3 rings (SSSR count). The summed E-state index contributed by atoms with van der Waals surface area (Å²) >= 11 is 0. The van der Waals surface area contributed by atoms with Crippen molar-refractivity contribution in [2.24, 2.45) is 0 Å². The average Bonchev–Trinajstić information content (AvgIpc) is 2.83. The first-order valence-electron chi connectivity index (χ1n) is 5.61. The Hall–Kier alpha value is -2.27. The van der Waals surface area contributed by atoms with Crippen molar-refractivity contribution in [3.63, 3.8) is 0 Å². The van der Waals surface area contributed by atoms with Crippen molar-refractivity contribution in [2.75, 3.05) is 0 Å². The van der Waals surface area contributed by atoms with Crippen LogP contribution in [0.3, 0.4) is 0 Å². The molecule has 0 aliphatic carbocycles. The maximum atomic E-state index is 12.4. The normalized spacial score (nSPS) is 11.8. The lowest BCUT2D eigenvalue weighted by Crippen LogP contribution is -2.00. The van der Waals surface area contributed by atoms with Gasteiger partial charge in [0.2, 0.25) is 14.9 Å². The number of para-hydroxylation sites is 2. The van der Waals surface area contributed by atoms with Crippen LogP contribution in [0.1, 0.15) is 0 Å². The number of rotatable bonds is 2. The lowest BCUT2D eigenvalue weighted by Gasteiger charge is -2.02. The second-order valence-electron chi connectivity index (χ2n) is 4.07. The van der Waals surface area contributed by atoms with Crippen LogP contribution in [-0.2, 0) is 9.84 Å². The predicted molar refractivity (Wildman–Crippen MR) is 69.8 cm³/mol. The highest BCUT2D eigenvalue weighted by Crippen LogP contribution is 2.31. The quantitative estimate of drug-likeness (QED) is 0.780. The Morgan fingerprint density at radius 2 is 1.63 bits per heavy atom. The van der Waals surface area contributed by atoms with E-state index in [0.29, 0.717) is 11.0 Å². The van der Waals surface area contributed by atoms with E-state index >= 15 is 0 Å². The molecule has 0 fully saturated rings. The van der Waals surface area contributed by atoms with Gasteiger partial charge in [-0.05, 0) is 18.2 Å². The maximum Gasteiger partial charge on any atom is 0.243 e. The molecule has 0 radical (unpaired) electrons. The van der Waals surface area contributed by atoms with E-state index in [1.807, 2.05) is 0 Å². The minimum Gasteiger partial charge on any atom is -0.507 e. The molecule has 0 spiro atoms. The van der Waals surface area contributed by atoms with E-state index in [9.17, 15) is 13.5 Å². The largest absolute Gasteiger partial charge is 0.507 e. The first kappa shape index (κ1) is 11.8. The molecule has 4 nitrogen and oxygen atoms in total. The van der Waals surface area contributed by atoms with E-state index in [4.69, 9.17) is 4.42 Å². The van der Waals surface area contributed by atoms with Crippen molar-refractivity contribution in [3.8, 4) is 5.75 Å². The Bertz CT molecular complexity index is 814. The minimum atomic E-state index is -3.85. The third-order valence-corrected chi connectivity index (χ3v) is 4.48. The van der Waals surface area contributed by atoms with Crippen molar-refractivity contribution < 1.29 is 17.9 Å². The van der Waals surface area contributed by atoms with Gasteiger partial charge in [0.1, 0.15) is 16.2 Å². The van der Waals surface area contributed by atoms with E-state index in [2.05, 4.69) is 0 Å². The number of sulfone groups is 1. The minimum absolute atomic E-state index is 0.158. The second-order valence-corrected chi connectivity index (χ2v) is 5.92. The van der Waals surface area contributed by atoms with Gasteiger partial charge in [0.05, 0.1) is 0 Å². The van der Waals surface area contributed by atoms with Crippen LogP contribution >= 0.6 is 0 Å². The molecular weight excluding hydrogens is 264 g/mol. The van der Waals surface area contributed by atoms with Crippen LogP contribution in [0.15, 0.2) is 69.0 Å². The summed E-state index contributed by atoms with van der Waals surface area (Å²) in [6, 6.07) is 14.3. The van der Waals surface area contributed by atoms with E-state index < -0.39 is 9.84 Å². The molecule has 2 aromatic carbocycles. The molecule has 1 heterocycles. The Morgan fingerprint density at radius 1 is 0.947 bits per heavy atom. The van der Waals surface area contributed by atoms with E-state index in [1.165, 1.54) is 18.2 Å². The van der Waals surface area contributed by atoms with Crippen LogP contribution in [0.2, 0.25) is 0 Å². The number of benzene rings is 2. The van der Waals surface area contributed by atoms with E-state index in [1.54, 1.807) is 36.4 Å². The molecule has 96 valence electrons. The molecule has 0 unspecified atom stereocenters. The number of phenolic OH excluding ortho intramolecular Hbond substituents is 1. The Kier molecular flexibility index (Phi) is 2.57. The van der Waals surface area contributed by atoms with Crippen molar-refractivity contribution in [1.29, 1.82) is 0 Å². The van der Waals surface area contributed by atoms with Gasteiger partial charge in [-0.15, -0.1) is 0 Å². The molecule has 1 N–H and O–H groups in total. The summed E-state index contributed by atoms with van der Waals surface area (Å²) in [7, 11) is -3.85. The van der Waals surface area contributed by atoms with Gasteiger partial charge in [0, 0.05) is 11.5 Å². The number of phenols is 1. The molecule has 0 saturated carbocycles. The van der Waals surface area contributed by atoms with Gasteiger partial charge in [0.25, 0.3) is 0 Å². The smallest absolute Gasteiger partial charge is 0.243 e. The standard InChI is InChI=1S/C14H10O4S/c15-11-6-2-4-8-13(11)19(16,17)14-9-10-5-1-3-7-12(10)18-14/h1-9,15H. The van der Waals surface area contributed by atoms with Crippen molar-refractivity contribution in [3.05, 3.63) is 54.6 Å². The van der Waals surface area contributed by atoms with Crippen LogP contribution in [0.25, 0.3) is 11.0 Å². The van der Waals surface area contributed by atoms with Gasteiger partial charge in [-0.3, -0.25) is 0 Å². The lowest BCUT2D eigenvalue weighted by atomic mass is 10.3. The van der Waals surface area contributed by atoms with Gasteiger partial charge in [0.15, 0.2) is 0 Å². The number of hydrogen-bond acceptors (Lipinski definition) is 4. The number of aromatic hydroxyl groups is 1. The molecule has 0 atom stereocenters. The van der Waals surface area contributed by atoms with Crippen molar-refractivity contribution in [1.82, 2.24) is 0 Å². The monoisotopic (exact) mass is 274 g/mol. The summed E-state index contributed by atoms with van der Waals surface area (Å²) in [4.78, 5) is -0.158. The molecule has 0 aliphatic heterocycles. The van der Waals surface area contributed by atoms with Gasteiger partial charge >= 0.3 is 0 Å². The zero-order valence-corrected chi connectivity index (χ0v) is 10.6. The SMILES string of the molecule is O=S(=O)(c1cc2ccccc2o1)c1ccccc1O. The topological polar surface area (TPSA) is 67.5 Å². The highest BCUT2D eigenvalue weighted by atomic mass is 32.2. The van der Waals surface area contributed by atoms with Gasteiger partial charge < -0.3 is 9.52 Å². The Balaban J connectivity index is 2.23. The van der Waals surface area contributed by atoms with Crippen LogP contribution in [-0.4, -0.2) is 13.5 Å². The van der Waals surface area contributed by atoms with Gasteiger partial charge in [-0.1, -0.05) is 30.3 Å². The van der Waals surface area contributed by atoms with Crippen molar-refractivity contribution >= 4 is 20.8 Å². The molecule has 0 bridgehead atoms. The highest BCUT2D eigenvalue weighted by molar-refractivity contribution is 7.91. The van der Waals surface area contributed by atoms with E-state index in [-0.39, 0.29) is 15.7 Å². The highest BCUT2D eigenvalue weighted by Gasteiger charge is 2.25. The molecule has 1 aromatic heterocycles. The lowest BCUT2D eigenvalue weighted by molar-refractivity contribution is 0.451. The molecule has 0 saturated heterocycles. The second kappa shape index (κ2) is 4.13. The zero-order chi connectivity index (χ0) is 13.5. The molecule has 0 amide bonds. The summed E-state index contributed by atoms with van der Waals surface area (Å²) in [6.45, 7) is 0. The Morgan fingerprint density at radius 3 is 2.37 bits per heavy atom. The fraction of sp³-hybridized carbons (Fsp3) is 0. The predicted octanol–water partition coefficient (Wildman–Crippen LogP) is 2.97. The summed E-state index contributed by atoms with van der Waals surface area (Å²) in [5.74, 6) is -0.289. The summed E-state index contributed by atoms with van der Waals surface area (Å²) in [5, 5.41) is 10.2. The third-order valence-electron chi connectivity index (χ3n) is 2.82. The molecule has 3 aromatic rings. The van der Waals surface area contributed by atoms with Gasteiger partial charge in [-0.2, -0.15) is 0 Å². The summed E-state index contributed by atoms with van der Waals surface area (Å²) < 4.78 is 30.1.